The Hall–Kier alpha value is -7.94. The number of para-hydroxylation sites is 2. The molecule has 2 heteroatoms. The molecule has 0 amide bonds. The van der Waals surface area contributed by atoms with Gasteiger partial charge in [-0.05, 0) is 116 Å². The summed E-state index contributed by atoms with van der Waals surface area (Å²) in [7, 11) is 0. The van der Waals surface area contributed by atoms with E-state index < -0.39 is 5.41 Å². The molecule has 1 heterocycles. The first-order valence-electron chi connectivity index (χ1n) is 21.0. The van der Waals surface area contributed by atoms with Gasteiger partial charge in [0.25, 0.3) is 0 Å². The highest BCUT2D eigenvalue weighted by Crippen LogP contribution is 2.58. The molecular weight excluding hydrogens is 739 g/mol. The Kier molecular flexibility index (Phi) is 8.11. The number of hydrogen-bond donors (Lipinski definition) is 0. The van der Waals surface area contributed by atoms with Crippen molar-refractivity contribution < 1.29 is 4.42 Å². The molecule has 0 radical (unpaired) electrons. The van der Waals surface area contributed by atoms with Crippen molar-refractivity contribution in [2.75, 3.05) is 4.90 Å². The fraction of sp³-hybridized carbons (Fsp3) is 0.0169. The fourth-order valence-corrected chi connectivity index (χ4v) is 10.1. The molecule has 2 nitrogen and oxygen atoms in total. The minimum Gasteiger partial charge on any atom is -0.455 e. The molecule has 0 saturated heterocycles. The van der Waals surface area contributed by atoms with Crippen LogP contribution in [0.25, 0.3) is 66.1 Å². The molecule has 0 atom stereocenters. The van der Waals surface area contributed by atoms with Crippen molar-refractivity contribution in [1.82, 2.24) is 0 Å². The van der Waals surface area contributed by atoms with E-state index in [0.717, 1.165) is 49.8 Å². The number of fused-ring (bicyclic) bond motifs is 8. The van der Waals surface area contributed by atoms with Crippen LogP contribution < -0.4 is 4.90 Å². The molecule has 0 saturated carbocycles. The average Bonchev–Trinajstić information content (AvgIpc) is 3.87. The van der Waals surface area contributed by atoms with Crippen molar-refractivity contribution in [3.05, 3.63) is 259 Å². The molecule has 1 aliphatic rings. The normalized spacial score (nSPS) is 12.7. The zero-order valence-electron chi connectivity index (χ0n) is 33.4. The van der Waals surface area contributed by atoms with E-state index in [-0.39, 0.29) is 0 Å². The summed E-state index contributed by atoms with van der Waals surface area (Å²) in [6, 6.07) is 86.0. The second-order valence-electron chi connectivity index (χ2n) is 16.0. The summed E-state index contributed by atoms with van der Waals surface area (Å²) in [6.45, 7) is 0. The van der Waals surface area contributed by atoms with Crippen molar-refractivity contribution in [3.63, 3.8) is 0 Å². The summed E-state index contributed by atoms with van der Waals surface area (Å²) in [5, 5.41) is 4.43. The minimum atomic E-state index is -0.560. The Morgan fingerprint density at radius 2 is 0.852 bits per heavy atom. The third-order valence-electron chi connectivity index (χ3n) is 12.7. The van der Waals surface area contributed by atoms with Gasteiger partial charge in [-0.2, -0.15) is 0 Å². The zero-order chi connectivity index (χ0) is 40.3. The first kappa shape index (κ1) is 35.0. The first-order chi connectivity index (χ1) is 30.3. The maximum atomic E-state index is 6.91. The van der Waals surface area contributed by atoms with E-state index in [0.29, 0.717) is 0 Å². The van der Waals surface area contributed by atoms with Crippen LogP contribution in [-0.4, -0.2) is 0 Å². The van der Waals surface area contributed by atoms with E-state index in [1.165, 1.54) is 55.6 Å². The van der Waals surface area contributed by atoms with Gasteiger partial charge < -0.3 is 9.32 Å². The van der Waals surface area contributed by atoms with Crippen LogP contribution in [0.4, 0.5) is 17.1 Å². The second kappa shape index (κ2) is 14.1. The van der Waals surface area contributed by atoms with Crippen LogP contribution in [0, 0.1) is 0 Å². The van der Waals surface area contributed by atoms with Crippen molar-refractivity contribution in [3.8, 4) is 33.4 Å². The standard InChI is InChI=1S/C59H39NO/c1-6-19-40(20-7-1)41-33-35-48-49-36-34-42(38-54(49)59(53(48)37-41,43-21-8-2-9-22-43)44-23-10-3-11-24-44)51-39-52-57-55(60(45-25-12-4-13-26-45)46-27-14-5-15-28-46)31-18-32-56(57)61-58(52)50-30-17-16-29-47(50)51/h1-39H. The van der Waals surface area contributed by atoms with Gasteiger partial charge in [-0.15, -0.1) is 0 Å². The van der Waals surface area contributed by atoms with Crippen LogP contribution in [0.3, 0.4) is 0 Å². The molecule has 0 N–H and O–H groups in total. The van der Waals surface area contributed by atoms with Crippen molar-refractivity contribution in [2.24, 2.45) is 0 Å². The molecule has 1 aliphatic carbocycles. The van der Waals surface area contributed by atoms with E-state index in [4.69, 9.17) is 4.42 Å². The number of rotatable bonds is 7. The average molecular weight is 778 g/mol. The maximum Gasteiger partial charge on any atom is 0.143 e. The topological polar surface area (TPSA) is 16.4 Å². The lowest BCUT2D eigenvalue weighted by Gasteiger charge is -2.34. The van der Waals surface area contributed by atoms with Gasteiger partial charge in [0.1, 0.15) is 11.2 Å². The highest BCUT2D eigenvalue weighted by Gasteiger charge is 2.46. The minimum absolute atomic E-state index is 0.560. The molecular formula is C59H39NO. The molecule has 12 rings (SSSR count). The molecule has 0 unspecified atom stereocenters. The molecule has 61 heavy (non-hydrogen) atoms. The summed E-state index contributed by atoms with van der Waals surface area (Å²) in [6.07, 6.45) is 0. The molecule has 0 spiro atoms. The molecule has 0 bridgehead atoms. The lowest BCUT2D eigenvalue weighted by molar-refractivity contribution is 0.672. The largest absolute Gasteiger partial charge is 0.455 e. The molecule has 0 aliphatic heterocycles. The van der Waals surface area contributed by atoms with Crippen LogP contribution in [-0.2, 0) is 5.41 Å². The summed E-state index contributed by atoms with van der Waals surface area (Å²) in [5.41, 5.74) is 16.8. The van der Waals surface area contributed by atoms with Crippen LogP contribution in [0.2, 0.25) is 0 Å². The third kappa shape index (κ3) is 5.43. The summed E-state index contributed by atoms with van der Waals surface area (Å²) in [4.78, 5) is 2.34. The van der Waals surface area contributed by atoms with Crippen LogP contribution in [0.5, 0.6) is 0 Å². The first-order valence-corrected chi connectivity index (χ1v) is 21.0. The Morgan fingerprint density at radius 3 is 1.46 bits per heavy atom. The van der Waals surface area contributed by atoms with E-state index in [1.807, 2.05) is 0 Å². The summed E-state index contributed by atoms with van der Waals surface area (Å²) >= 11 is 0. The van der Waals surface area contributed by atoms with E-state index in [9.17, 15) is 0 Å². The highest BCUT2D eigenvalue weighted by atomic mass is 16.3. The van der Waals surface area contributed by atoms with Crippen LogP contribution in [0.1, 0.15) is 22.3 Å². The highest BCUT2D eigenvalue weighted by molar-refractivity contribution is 6.22. The number of benzene rings is 10. The maximum absolute atomic E-state index is 6.91. The van der Waals surface area contributed by atoms with Gasteiger partial charge in [-0.3, -0.25) is 0 Å². The van der Waals surface area contributed by atoms with Crippen LogP contribution in [0.15, 0.2) is 241 Å². The summed E-state index contributed by atoms with van der Waals surface area (Å²) < 4.78 is 6.91. The SMILES string of the molecule is c1ccc(-c2ccc3c(c2)C(c2ccccc2)(c2ccccc2)c2cc(-c4cc5c(oc6cccc(N(c7ccccc7)c7ccccc7)c65)c5ccccc45)ccc2-3)cc1. The quantitative estimate of drug-likeness (QED) is 0.160. The monoisotopic (exact) mass is 777 g/mol. The van der Waals surface area contributed by atoms with Gasteiger partial charge in [0, 0.05) is 22.1 Å². The van der Waals surface area contributed by atoms with Gasteiger partial charge in [-0.1, -0.05) is 182 Å². The smallest absolute Gasteiger partial charge is 0.143 e. The van der Waals surface area contributed by atoms with Gasteiger partial charge in [0.05, 0.1) is 16.5 Å². The van der Waals surface area contributed by atoms with Gasteiger partial charge in [0.2, 0.25) is 0 Å². The van der Waals surface area contributed by atoms with Gasteiger partial charge in [0.15, 0.2) is 0 Å². The van der Waals surface area contributed by atoms with Crippen molar-refractivity contribution >= 4 is 49.8 Å². The van der Waals surface area contributed by atoms with Crippen molar-refractivity contribution in [1.29, 1.82) is 0 Å². The Labute approximate surface area is 355 Å². The van der Waals surface area contributed by atoms with Gasteiger partial charge >= 0.3 is 0 Å². The molecule has 10 aromatic carbocycles. The number of anilines is 3. The predicted molar refractivity (Wildman–Crippen MR) is 254 cm³/mol. The second-order valence-corrected chi connectivity index (χ2v) is 16.0. The Morgan fingerprint density at radius 1 is 0.344 bits per heavy atom. The number of furan rings is 1. The van der Waals surface area contributed by atoms with E-state index >= 15 is 0 Å². The van der Waals surface area contributed by atoms with Crippen LogP contribution >= 0.6 is 0 Å². The van der Waals surface area contributed by atoms with E-state index in [2.05, 4.69) is 241 Å². The fourth-order valence-electron chi connectivity index (χ4n) is 10.1. The van der Waals surface area contributed by atoms with Crippen molar-refractivity contribution in [2.45, 2.75) is 5.41 Å². The zero-order valence-corrected chi connectivity index (χ0v) is 33.4. The Balaban J connectivity index is 1.14. The lowest BCUT2D eigenvalue weighted by atomic mass is 9.67. The third-order valence-corrected chi connectivity index (χ3v) is 12.7. The van der Waals surface area contributed by atoms with E-state index in [1.54, 1.807) is 0 Å². The molecule has 1 aromatic heterocycles. The number of nitrogens with zero attached hydrogens (tertiary/aromatic N) is 1. The predicted octanol–water partition coefficient (Wildman–Crippen LogP) is 15.9. The summed E-state index contributed by atoms with van der Waals surface area (Å²) in [5.74, 6) is 0. The molecule has 0 fully saturated rings. The number of hydrogen-bond acceptors (Lipinski definition) is 2. The molecule has 11 aromatic rings. The van der Waals surface area contributed by atoms with Gasteiger partial charge in [-0.25, -0.2) is 0 Å². The Bertz CT molecular complexity index is 3310. The molecule has 286 valence electrons. The lowest BCUT2D eigenvalue weighted by Crippen LogP contribution is -2.28.